The number of nitrogens with one attached hydrogen (secondary N) is 2. The molecule has 1 aromatic carbocycles. The second-order valence-electron chi connectivity index (χ2n) is 12.4. The van der Waals surface area contributed by atoms with Crippen molar-refractivity contribution in [3.05, 3.63) is 29.5 Å². The number of aliphatic hydroxyl groups is 1. The number of carbonyl (C=O) groups excluding carboxylic acids is 3. The maximum absolute atomic E-state index is 14.4. The van der Waals surface area contributed by atoms with E-state index in [1.807, 2.05) is 0 Å². The first-order valence-corrected chi connectivity index (χ1v) is 17.2. The van der Waals surface area contributed by atoms with E-state index in [2.05, 4.69) is 10.6 Å². The molecule has 4 rings (SSSR count). The summed E-state index contributed by atoms with van der Waals surface area (Å²) in [5, 5.41) is 14.9. The predicted octanol–water partition coefficient (Wildman–Crippen LogP) is 1.83. The van der Waals surface area contributed by atoms with Gasteiger partial charge in [-0.25, -0.2) is 8.78 Å². The van der Waals surface area contributed by atoms with Crippen molar-refractivity contribution in [1.82, 2.24) is 25.0 Å². The number of rotatable bonds is 18. The Balaban J connectivity index is 1.40. The van der Waals surface area contributed by atoms with Crippen LogP contribution in [-0.4, -0.2) is 135 Å². The van der Waals surface area contributed by atoms with Crippen LogP contribution in [0.4, 0.5) is 8.78 Å². The lowest BCUT2D eigenvalue weighted by Crippen LogP contribution is -2.59. The number of carbonyl (C=O) groups is 3. The average Bonchev–Trinajstić information content (AvgIpc) is 3.38. The standard InChI is InChI=1S/C34H51F2N5O8/c1-23(37-2)32(43)38-29(24-7-5-4-6-8-24)33(44)40-9-11-41(12-10-40)34(45)30-31(25-21-26(35)27(36)22-28(25)39(30)3)49-20-19-48-18-17-47-16-15-46-14-13-42/h21-24,29,37,42H,4-20H2,1-3H3,(H,38,43)/t23-,29-/m0/s1. The molecule has 0 bridgehead atoms. The van der Waals surface area contributed by atoms with Crippen LogP contribution in [0, 0.1) is 17.6 Å². The normalized spacial score (nSPS) is 16.9. The number of likely N-dealkylation sites (N-methyl/N-ethyl adjacent to an activating group) is 1. The van der Waals surface area contributed by atoms with Crippen LogP contribution in [0.3, 0.4) is 0 Å². The third-order valence-corrected chi connectivity index (χ3v) is 9.24. The summed E-state index contributed by atoms with van der Waals surface area (Å²) in [4.78, 5) is 43.9. The molecule has 1 saturated heterocycles. The summed E-state index contributed by atoms with van der Waals surface area (Å²) in [7, 11) is 3.30. The number of hydrogen-bond donors (Lipinski definition) is 3. The lowest BCUT2D eigenvalue weighted by atomic mass is 9.83. The molecule has 1 saturated carbocycles. The fourth-order valence-electron chi connectivity index (χ4n) is 6.33. The number of fused-ring (bicyclic) bond motifs is 1. The Hall–Kier alpha value is -3.37. The van der Waals surface area contributed by atoms with Gasteiger partial charge in [0.25, 0.3) is 5.91 Å². The number of benzene rings is 1. The molecule has 2 aromatic rings. The molecule has 274 valence electrons. The van der Waals surface area contributed by atoms with E-state index in [9.17, 15) is 23.2 Å². The number of aromatic nitrogens is 1. The zero-order valence-electron chi connectivity index (χ0n) is 28.8. The van der Waals surface area contributed by atoms with E-state index in [0.717, 1.165) is 44.2 Å². The number of halogens is 2. The Morgan fingerprint density at radius 3 is 2.06 bits per heavy atom. The predicted molar refractivity (Wildman–Crippen MR) is 177 cm³/mol. The molecule has 1 aliphatic carbocycles. The van der Waals surface area contributed by atoms with E-state index < -0.39 is 23.7 Å². The number of hydrogen-bond acceptors (Lipinski definition) is 9. The molecular formula is C34H51F2N5O8. The smallest absolute Gasteiger partial charge is 0.274 e. The summed E-state index contributed by atoms with van der Waals surface area (Å²) in [5.41, 5.74) is 0.435. The van der Waals surface area contributed by atoms with Gasteiger partial charge in [0.1, 0.15) is 12.6 Å². The van der Waals surface area contributed by atoms with Gasteiger partial charge in [-0.2, -0.15) is 0 Å². The topological polar surface area (TPSA) is 144 Å². The molecule has 3 amide bonds. The number of piperazine rings is 1. The molecule has 15 heteroatoms. The highest BCUT2D eigenvalue weighted by Gasteiger charge is 2.37. The fourth-order valence-corrected chi connectivity index (χ4v) is 6.33. The molecule has 0 radical (unpaired) electrons. The average molecular weight is 696 g/mol. The van der Waals surface area contributed by atoms with Crippen LogP contribution in [0.2, 0.25) is 0 Å². The van der Waals surface area contributed by atoms with Gasteiger partial charge in [-0.3, -0.25) is 14.4 Å². The molecule has 2 atom stereocenters. The van der Waals surface area contributed by atoms with Crippen molar-refractivity contribution in [3.63, 3.8) is 0 Å². The zero-order valence-corrected chi connectivity index (χ0v) is 28.8. The van der Waals surface area contributed by atoms with E-state index in [1.165, 1.54) is 4.57 Å². The van der Waals surface area contributed by atoms with Crippen LogP contribution in [0.25, 0.3) is 10.9 Å². The molecule has 0 unspecified atom stereocenters. The molecule has 1 aromatic heterocycles. The summed E-state index contributed by atoms with van der Waals surface area (Å²) >= 11 is 0. The summed E-state index contributed by atoms with van der Waals surface area (Å²) in [6, 6.07) is 0.989. The Labute approximate surface area is 286 Å². The van der Waals surface area contributed by atoms with Gasteiger partial charge in [-0.1, -0.05) is 19.3 Å². The highest BCUT2D eigenvalue weighted by Crippen LogP contribution is 2.35. The molecule has 1 aliphatic heterocycles. The molecule has 13 nitrogen and oxygen atoms in total. The molecule has 49 heavy (non-hydrogen) atoms. The Bertz CT molecular complexity index is 1390. The third-order valence-electron chi connectivity index (χ3n) is 9.24. The first-order valence-electron chi connectivity index (χ1n) is 17.2. The number of nitrogens with zero attached hydrogens (tertiary/aromatic N) is 3. The van der Waals surface area contributed by atoms with Crippen LogP contribution in [0.5, 0.6) is 5.75 Å². The quantitative estimate of drug-likeness (QED) is 0.199. The van der Waals surface area contributed by atoms with Gasteiger partial charge in [-0.05, 0) is 38.8 Å². The van der Waals surface area contributed by atoms with Gasteiger partial charge in [0, 0.05) is 44.7 Å². The van der Waals surface area contributed by atoms with Gasteiger partial charge in [0.05, 0.1) is 57.8 Å². The minimum absolute atomic E-state index is 0.0424. The van der Waals surface area contributed by atoms with Crippen LogP contribution < -0.4 is 15.4 Å². The number of amides is 3. The molecule has 2 aliphatic rings. The molecular weight excluding hydrogens is 644 g/mol. The fraction of sp³-hybridized carbons (Fsp3) is 0.676. The SMILES string of the molecule is CN[C@@H](C)C(=O)N[C@H](C(=O)N1CCN(C(=O)c2c(OCCOCCOCCOCCO)c3cc(F)c(F)cc3n2C)CC1)C1CCCCC1. The monoisotopic (exact) mass is 695 g/mol. The lowest BCUT2D eigenvalue weighted by molar-refractivity contribution is -0.140. The number of aryl methyl sites for hydroxylation is 1. The summed E-state index contributed by atoms with van der Waals surface area (Å²) in [6.45, 7) is 4.50. The number of ether oxygens (including phenoxy) is 4. The van der Waals surface area contributed by atoms with Gasteiger partial charge >= 0.3 is 0 Å². The van der Waals surface area contributed by atoms with Crippen LogP contribution in [0.15, 0.2) is 12.1 Å². The Morgan fingerprint density at radius 1 is 0.878 bits per heavy atom. The minimum atomic E-state index is -1.06. The molecule has 2 fully saturated rings. The zero-order chi connectivity index (χ0) is 35.3. The second kappa shape index (κ2) is 19.1. The van der Waals surface area contributed by atoms with Gasteiger partial charge in [-0.15, -0.1) is 0 Å². The van der Waals surface area contributed by atoms with Crippen molar-refractivity contribution in [3.8, 4) is 5.75 Å². The summed E-state index contributed by atoms with van der Waals surface area (Å²) in [5.74, 6) is -2.68. The van der Waals surface area contributed by atoms with E-state index in [0.29, 0.717) is 25.3 Å². The van der Waals surface area contributed by atoms with E-state index in [-0.39, 0.29) is 99.7 Å². The third kappa shape index (κ3) is 10.1. The van der Waals surface area contributed by atoms with E-state index in [1.54, 1.807) is 30.8 Å². The largest absolute Gasteiger partial charge is 0.488 e. The second-order valence-corrected chi connectivity index (χ2v) is 12.4. The highest BCUT2D eigenvalue weighted by atomic mass is 19.2. The van der Waals surface area contributed by atoms with Crippen molar-refractivity contribution < 1.29 is 47.2 Å². The van der Waals surface area contributed by atoms with Gasteiger partial charge < -0.3 is 49.1 Å². The van der Waals surface area contributed by atoms with Crippen LogP contribution in [0.1, 0.15) is 49.5 Å². The van der Waals surface area contributed by atoms with Crippen LogP contribution >= 0.6 is 0 Å². The van der Waals surface area contributed by atoms with Crippen molar-refractivity contribution in [1.29, 1.82) is 0 Å². The number of aliphatic hydroxyl groups excluding tert-OH is 1. The Kier molecular flexibility index (Phi) is 15.0. The van der Waals surface area contributed by atoms with Crippen molar-refractivity contribution in [2.24, 2.45) is 13.0 Å². The van der Waals surface area contributed by atoms with Crippen molar-refractivity contribution in [2.45, 2.75) is 51.1 Å². The van der Waals surface area contributed by atoms with Gasteiger partial charge in [0.15, 0.2) is 23.1 Å². The molecule has 2 heterocycles. The van der Waals surface area contributed by atoms with Crippen molar-refractivity contribution in [2.75, 3.05) is 86.1 Å². The maximum atomic E-state index is 14.4. The van der Waals surface area contributed by atoms with Crippen LogP contribution in [-0.2, 0) is 30.8 Å². The lowest BCUT2D eigenvalue weighted by Gasteiger charge is -2.39. The van der Waals surface area contributed by atoms with Gasteiger partial charge in [0.2, 0.25) is 11.8 Å². The first-order chi connectivity index (χ1) is 23.7. The van der Waals surface area contributed by atoms with E-state index >= 15 is 0 Å². The molecule has 0 spiro atoms. The highest BCUT2D eigenvalue weighted by molar-refractivity contribution is 6.04. The molecule has 3 N–H and O–H groups in total. The van der Waals surface area contributed by atoms with E-state index in [4.69, 9.17) is 24.1 Å². The Morgan fingerprint density at radius 2 is 1.45 bits per heavy atom. The minimum Gasteiger partial charge on any atom is -0.488 e. The summed E-state index contributed by atoms with van der Waals surface area (Å²) in [6.07, 6.45) is 4.88. The summed E-state index contributed by atoms with van der Waals surface area (Å²) < 4.78 is 52.3. The van der Waals surface area contributed by atoms with Crippen molar-refractivity contribution >= 4 is 28.6 Å². The first kappa shape index (κ1) is 38.4. The maximum Gasteiger partial charge on any atom is 0.274 e.